The number of hydrogen-bond acceptors (Lipinski definition) is 3. The van der Waals surface area contributed by atoms with Crippen LogP contribution in [-0.2, 0) is 0 Å². The van der Waals surface area contributed by atoms with Crippen molar-refractivity contribution in [2.24, 2.45) is 5.92 Å². The maximum absolute atomic E-state index is 12.1. The normalized spacial score (nSPS) is 14.6. The first-order chi connectivity index (χ1) is 7.72. The van der Waals surface area contributed by atoms with E-state index >= 15 is 0 Å². The quantitative estimate of drug-likeness (QED) is 0.836. The van der Waals surface area contributed by atoms with Gasteiger partial charge < -0.3 is 10.2 Å². The van der Waals surface area contributed by atoms with E-state index in [2.05, 4.69) is 10.3 Å². The summed E-state index contributed by atoms with van der Waals surface area (Å²) in [6.45, 7) is 0.858. The van der Waals surface area contributed by atoms with Gasteiger partial charge in [-0.1, -0.05) is 0 Å². The van der Waals surface area contributed by atoms with Gasteiger partial charge in [0, 0.05) is 26.8 Å². The number of nitrogens with one attached hydrogen (secondary N) is 1. The molecule has 16 heavy (non-hydrogen) atoms. The summed E-state index contributed by atoms with van der Waals surface area (Å²) in [5.74, 6) is 1.41. The topological polar surface area (TPSA) is 45.2 Å². The molecule has 4 nitrogen and oxygen atoms in total. The second-order valence-electron chi connectivity index (χ2n) is 4.28. The Labute approximate surface area is 95.7 Å². The summed E-state index contributed by atoms with van der Waals surface area (Å²) >= 11 is 0. The lowest BCUT2D eigenvalue weighted by atomic mass is 10.2. The maximum atomic E-state index is 12.1. The molecular weight excluding hydrogens is 202 g/mol. The number of carbonyl (C=O) groups is 1. The summed E-state index contributed by atoms with van der Waals surface area (Å²) in [6.07, 6.45) is 4.19. The summed E-state index contributed by atoms with van der Waals surface area (Å²) < 4.78 is 0. The molecule has 0 bridgehead atoms. The zero-order valence-electron chi connectivity index (χ0n) is 9.73. The van der Waals surface area contributed by atoms with Gasteiger partial charge in [-0.25, -0.2) is 4.98 Å². The van der Waals surface area contributed by atoms with Crippen LogP contribution in [-0.4, -0.2) is 36.4 Å². The predicted molar refractivity (Wildman–Crippen MR) is 63.5 cm³/mol. The summed E-state index contributed by atoms with van der Waals surface area (Å²) in [6, 6.07) is 3.60. The van der Waals surface area contributed by atoms with E-state index in [0.717, 1.165) is 6.54 Å². The van der Waals surface area contributed by atoms with Crippen LogP contribution in [0.5, 0.6) is 0 Å². The van der Waals surface area contributed by atoms with Crippen LogP contribution >= 0.6 is 0 Å². The van der Waals surface area contributed by atoms with Crippen LogP contribution in [0, 0.1) is 5.92 Å². The van der Waals surface area contributed by atoms with Crippen LogP contribution in [0.25, 0.3) is 0 Å². The number of aromatic nitrogens is 1. The van der Waals surface area contributed by atoms with Gasteiger partial charge in [0.2, 0.25) is 0 Å². The third-order valence-electron chi connectivity index (χ3n) is 2.85. The van der Waals surface area contributed by atoms with Crippen LogP contribution < -0.4 is 5.32 Å². The van der Waals surface area contributed by atoms with Gasteiger partial charge in [-0.05, 0) is 30.9 Å². The first-order valence-electron chi connectivity index (χ1n) is 5.60. The van der Waals surface area contributed by atoms with E-state index in [0.29, 0.717) is 17.3 Å². The molecule has 1 aliphatic rings. The minimum absolute atomic E-state index is 0.0457. The minimum Gasteiger partial charge on any atom is -0.372 e. The van der Waals surface area contributed by atoms with Crippen molar-refractivity contribution in [1.29, 1.82) is 0 Å². The standard InChI is InChI=1S/C12H17N3O/c1-13-11-10(4-3-7-14-11)12(16)15(2)8-9-5-6-9/h3-4,7,9H,5-6,8H2,1-2H3,(H,13,14). The minimum atomic E-state index is 0.0457. The van der Waals surface area contributed by atoms with Crippen LogP contribution in [0.2, 0.25) is 0 Å². The van der Waals surface area contributed by atoms with E-state index < -0.39 is 0 Å². The zero-order valence-corrected chi connectivity index (χ0v) is 9.73. The molecule has 0 aliphatic heterocycles. The van der Waals surface area contributed by atoms with Gasteiger partial charge >= 0.3 is 0 Å². The van der Waals surface area contributed by atoms with Crippen LogP contribution in [0.3, 0.4) is 0 Å². The number of carbonyl (C=O) groups excluding carboxylic acids is 1. The third kappa shape index (κ3) is 2.32. The SMILES string of the molecule is CNc1ncccc1C(=O)N(C)CC1CC1. The highest BCUT2D eigenvalue weighted by Gasteiger charge is 2.26. The molecular formula is C12H17N3O. The Balaban J connectivity index is 2.11. The molecule has 0 aromatic carbocycles. The smallest absolute Gasteiger partial charge is 0.257 e. The first kappa shape index (κ1) is 10.9. The predicted octanol–water partition coefficient (Wildman–Crippen LogP) is 1.61. The van der Waals surface area contributed by atoms with Crippen molar-refractivity contribution < 1.29 is 4.79 Å². The lowest BCUT2D eigenvalue weighted by molar-refractivity contribution is 0.0789. The molecule has 1 aromatic heterocycles. The number of nitrogens with zero attached hydrogens (tertiary/aromatic N) is 2. The van der Waals surface area contributed by atoms with Gasteiger partial charge in [-0.2, -0.15) is 0 Å². The summed E-state index contributed by atoms with van der Waals surface area (Å²) in [5, 5.41) is 2.94. The molecule has 1 fully saturated rings. The lowest BCUT2D eigenvalue weighted by Crippen LogP contribution is -2.29. The molecule has 0 spiro atoms. The van der Waals surface area contributed by atoms with Gasteiger partial charge in [-0.3, -0.25) is 4.79 Å². The first-order valence-corrected chi connectivity index (χ1v) is 5.60. The molecule has 1 N–H and O–H groups in total. The number of pyridine rings is 1. The summed E-state index contributed by atoms with van der Waals surface area (Å²) in [5.41, 5.74) is 0.646. The fourth-order valence-corrected chi connectivity index (χ4v) is 1.75. The highest BCUT2D eigenvalue weighted by molar-refractivity contribution is 5.98. The lowest BCUT2D eigenvalue weighted by Gasteiger charge is -2.18. The third-order valence-corrected chi connectivity index (χ3v) is 2.85. The molecule has 0 radical (unpaired) electrons. The Morgan fingerprint density at radius 1 is 1.62 bits per heavy atom. The Hall–Kier alpha value is -1.58. The number of rotatable bonds is 4. The van der Waals surface area contributed by atoms with Gasteiger partial charge in [0.25, 0.3) is 5.91 Å². The highest BCUT2D eigenvalue weighted by atomic mass is 16.2. The molecule has 2 rings (SSSR count). The molecule has 1 amide bonds. The van der Waals surface area contributed by atoms with Gasteiger partial charge in [0.1, 0.15) is 5.82 Å². The van der Waals surface area contributed by atoms with E-state index in [1.54, 1.807) is 24.2 Å². The molecule has 4 heteroatoms. The zero-order chi connectivity index (χ0) is 11.5. The fourth-order valence-electron chi connectivity index (χ4n) is 1.75. The van der Waals surface area contributed by atoms with Gasteiger partial charge in [0.15, 0.2) is 0 Å². The van der Waals surface area contributed by atoms with Crippen LogP contribution in [0.4, 0.5) is 5.82 Å². The van der Waals surface area contributed by atoms with Crippen molar-refractivity contribution in [2.45, 2.75) is 12.8 Å². The van der Waals surface area contributed by atoms with Crippen molar-refractivity contribution in [3.05, 3.63) is 23.9 Å². The Bertz CT molecular complexity index is 388. The van der Waals surface area contributed by atoms with Crippen LogP contribution in [0.1, 0.15) is 23.2 Å². The van der Waals surface area contributed by atoms with Crippen molar-refractivity contribution >= 4 is 11.7 Å². The Morgan fingerprint density at radius 2 is 2.38 bits per heavy atom. The van der Waals surface area contributed by atoms with E-state index in [1.165, 1.54) is 12.8 Å². The molecule has 0 saturated heterocycles. The monoisotopic (exact) mass is 219 g/mol. The van der Waals surface area contributed by atoms with Crippen LogP contribution in [0.15, 0.2) is 18.3 Å². The molecule has 1 heterocycles. The molecule has 1 saturated carbocycles. The van der Waals surface area contributed by atoms with E-state index in [1.807, 2.05) is 13.1 Å². The average Bonchev–Trinajstić information content (AvgIpc) is 3.11. The van der Waals surface area contributed by atoms with Gasteiger partial charge in [0.05, 0.1) is 5.56 Å². The Kier molecular flexibility index (Phi) is 3.08. The Morgan fingerprint density at radius 3 is 3.00 bits per heavy atom. The largest absolute Gasteiger partial charge is 0.372 e. The van der Waals surface area contributed by atoms with E-state index in [9.17, 15) is 4.79 Å². The maximum Gasteiger partial charge on any atom is 0.257 e. The van der Waals surface area contributed by atoms with Crippen molar-refractivity contribution in [3.8, 4) is 0 Å². The molecule has 1 aromatic rings. The summed E-state index contributed by atoms with van der Waals surface area (Å²) in [4.78, 5) is 18.1. The molecule has 0 unspecified atom stereocenters. The van der Waals surface area contributed by atoms with E-state index in [4.69, 9.17) is 0 Å². The second kappa shape index (κ2) is 4.51. The summed E-state index contributed by atoms with van der Waals surface area (Å²) in [7, 11) is 3.63. The van der Waals surface area contributed by atoms with Crippen molar-refractivity contribution in [2.75, 3.05) is 26.0 Å². The second-order valence-corrected chi connectivity index (χ2v) is 4.28. The highest BCUT2D eigenvalue weighted by Crippen LogP contribution is 2.29. The number of hydrogen-bond donors (Lipinski definition) is 1. The molecule has 1 aliphatic carbocycles. The number of amides is 1. The van der Waals surface area contributed by atoms with Gasteiger partial charge in [-0.15, -0.1) is 0 Å². The van der Waals surface area contributed by atoms with Crippen molar-refractivity contribution in [3.63, 3.8) is 0 Å². The average molecular weight is 219 g/mol. The van der Waals surface area contributed by atoms with E-state index in [-0.39, 0.29) is 5.91 Å². The van der Waals surface area contributed by atoms with Crippen molar-refractivity contribution in [1.82, 2.24) is 9.88 Å². The molecule has 86 valence electrons. The molecule has 0 atom stereocenters. The fraction of sp³-hybridized carbons (Fsp3) is 0.500. The number of anilines is 1.